The second-order valence-electron chi connectivity index (χ2n) is 6.42. The molecule has 1 saturated carbocycles. The highest BCUT2D eigenvalue weighted by atomic mass is 19.1. The molecule has 6 nitrogen and oxygen atoms in total. The van der Waals surface area contributed by atoms with E-state index >= 15 is 0 Å². The Morgan fingerprint density at radius 2 is 1.89 bits per heavy atom. The van der Waals surface area contributed by atoms with E-state index in [4.69, 9.17) is 4.74 Å². The molecule has 3 amide bonds. The van der Waals surface area contributed by atoms with Crippen molar-refractivity contribution in [2.24, 2.45) is 0 Å². The topological polar surface area (TPSA) is 79.5 Å². The standard InChI is InChI=1S/C20H22FN3O3/c21-15-2-1-3-17(12-15)24-20(26)22-11-10-14-4-8-18(9-5-14)27-13-19(25)23-16-6-7-16/h1-5,8-9,12,16H,6-7,10-11,13H2,(H,23,25)(H2,22,24,26). The van der Waals surface area contributed by atoms with Gasteiger partial charge >= 0.3 is 6.03 Å². The van der Waals surface area contributed by atoms with Crippen LogP contribution in [0.1, 0.15) is 18.4 Å². The van der Waals surface area contributed by atoms with Crippen molar-refractivity contribution in [3.05, 3.63) is 59.9 Å². The first-order chi connectivity index (χ1) is 13.1. The van der Waals surface area contributed by atoms with Crippen LogP contribution in [-0.2, 0) is 11.2 Å². The average molecular weight is 371 g/mol. The number of nitrogens with one attached hydrogen (secondary N) is 3. The molecule has 1 aliphatic carbocycles. The van der Waals surface area contributed by atoms with Crippen LogP contribution in [0, 0.1) is 5.82 Å². The number of anilines is 1. The summed E-state index contributed by atoms with van der Waals surface area (Å²) in [5.74, 6) is 0.122. The largest absolute Gasteiger partial charge is 0.484 e. The van der Waals surface area contributed by atoms with Crippen LogP contribution in [0.3, 0.4) is 0 Å². The molecular formula is C20H22FN3O3. The Labute approximate surface area is 157 Å². The molecule has 3 N–H and O–H groups in total. The zero-order chi connectivity index (χ0) is 19.1. The molecule has 0 bridgehead atoms. The highest BCUT2D eigenvalue weighted by molar-refractivity contribution is 5.89. The Kier molecular flexibility index (Phi) is 6.25. The van der Waals surface area contributed by atoms with E-state index in [9.17, 15) is 14.0 Å². The maximum atomic E-state index is 13.1. The number of benzene rings is 2. The Hall–Kier alpha value is -3.09. The molecule has 7 heteroatoms. The molecule has 3 rings (SSSR count). The molecule has 0 saturated heterocycles. The highest BCUT2D eigenvalue weighted by Gasteiger charge is 2.23. The SMILES string of the molecule is O=C(COc1ccc(CCNC(=O)Nc2cccc(F)c2)cc1)NC1CC1. The van der Waals surface area contributed by atoms with Gasteiger partial charge in [-0.15, -0.1) is 0 Å². The normalized spacial score (nSPS) is 12.9. The van der Waals surface area contributed by atoms with E-state index in [0.29, 0.717) is 30.4 Å². The molecular weight excluding hydrogens is 349 g/mol. The molecule has 1 aliphatic rings. The minimum Gasteiger partial charge on any atom is -0.484 e. The lowest BCUT2D eigenvalue weighted by atomic mass is 10.1. The predicted molar refractivity (Wildman–Crippen MR) is 100 cm³/mol. The summed E-state index contributed by atoms with van der Waals surface area (Å²) < 4.78 is 18.5. The first kappa shape index (κ1) is 18.7. The fourth-order valence-corrected chi connectivity index (χ4v) is 2.46. The molecule has 0 heterocycles. The summed E-state index contributed by atoms with van der Waals surface area (Å²) in [6, 6.07) is 13.0. The van der Waals surface area contributed by atoms with Crippen LogP contribution in [0.2, 0.25) is 0 Å². The zero-order valence-corrected chi connectivity index (χ0v) is 14.8. The fourth-order valence-electron chi connectivity index (χ4n) is 2.46. The lowest BCUT2D eigenvalue weighted by Gasteiger charge is -2.09. The van der Waals surface area contributed by atoms with Gasteiger partial charge in [-0.25, -0.2) is 9.18 Å². The number of urea groups is 1. The smallest absolute Gasteiger partial charge is 0.319 e. The van der Waals surface area contributed by atoms with E-state index in [2.05, 4.69) is 16.0 Å². The molecule has 0 aromatic heterocycles. The van der Waals surface area contributed by atoms with Gasteiger partial charge in [0.2, 0.25) is 0 Å². The molecule has 27 heavy (non-hydrogen) atoms. The summed E-state index contributed by atoms with van der Waals surface area (Å²) >= 11 is 0. The Bertz CT molecular complexity index is 791. The number of halogens is 1. The van der Waals surface area contributed by atoms with Crippen LogP contribution in [0.5, 0.6) is 5.75 Å². The number of amides is 3. The third-order valence-electron chi connectivity index (χ3n) is 4.02. The molecule has 0 radical (unpaired) electrons. The second-order valence-corrected chi connectivity index (χ2v) is 6.42. The lowest BCUT2D eigenvalue weighted by molar-refractivity contribution is -0.123. The van der Waals surface area contributed by atoms with Gasteiger partial charge in [0.05, 0.1) is 0 Å². The van der Waals surface area contributed by atoms with Crippen molar-refractivity contribution in [2.45, 2.75) is 25.3 Å². The average Bonchev–Trinajstić information content (AvgIpc) is 3.45. The van der Waals surface area contributed by atoms with E-state index in [1.54, 1.807) is 18.2 Å². The summed E-state index contributed by atoms with van der Waals surface area (Å²) in [6.07, 6.45) is 2.74. The van der Waals surface area contributed by atoms with Crippen LogP contribution < -0.4 is 20.7 Å². The van der Waals surface area contributed by atoms with E-state index in [-0.39, 0.29) is 18.5 Å². The van der Waals surface area contributed by atoms with E-state index in [0.717, 1.165) is 18.4 Å². The number of carbonyl (C=O) groups excluding carboxylic acids is 2. The van der Waals surface area contributed by atoms with Gasteiger partial charge in [-0.05, 0) is 55.2 Å². The monoisotopic (exact) mass is 371 g/mol. The lowest BCUT2D eigenvalue weighted by Crippen LogP contribution is -2.30. The fraction of sp³-hybridized carbons (Fsp3) is 0.300. The van der Waals surface area contributed by atoms with Crippen molar-refractivity contribution >= 4 is 17.6 Å². The maximum Gasteiger partial charge on any atom is 0.319 e. The summed E-state index contributed by atoms with van der Waals surface area (Å²) in [5, 5.41) is 8.16. The van der Waals surface area contributed by atoms with Crippen molar-refractivity contribution in [1.29, 1.82) is 0 Å². The third kappa shape index (κ3) is 6.62. The molecule has 2 aromatic rings. The summed E-state index contributed by atoms with van der Waals surface area (Å²) in [4.78, 5) is 23.4. The highest BCUT2D eigenvalue weighted by Crippen LogP contribution is 2.18. The molecule has 2 aromatic carbocycles. The number of ether oxygens (including phenoxy) is 1. The van der Waals surface area contributed by atoms with Gasteiger partial charge < -0.3 is 20.7 Å². The number of hydrogen-bond acceptors (Lipinski definition) is 3. The summed E-state index contributed by atoms with van der Waals surface area (Å²) in [5.41, 5.74) is 1.43. The van der Waals surface area contributed by atoms with Gasteiger partial charge in [-0.3, -0.25) is 4.79 Å². The zero-order valence-electron chi connectivity index (χ0n) is 14.8. The van der Waals surface area contributed by atoms with Gasteiger partial charge in [0.1, 0.15) is 11.6 Å². The quantitative estimate of drug-likeness (QED) is 0.668. The Morgan fingerprint density at radius 3 is 2.59 bits per heavy atom. The van der Waals surface area contributed by atoms with Crippen LogP contribution in [-0.4, -0.2) is 31.1 Å². The van der Waals surface area contributed by atoms with E-state index in [1.165, 1.54) is 18.2 Å². The second kappa shape index (κ2) is 9.02. The molecule has 0 unspecified atom stereocenters. The first-order valence-electron chi connectivity index (χ1n) is 8.90. The van der Waals surface area contributed by atoms with Gasteiger partial charge in [-0.1, -0.05) is 18.2 Å². The van der Waals surface area contributed by atoms with Gasteiger partial charge in [-0.2, -0.15) is 0 Å². The molecule has 0 atom stereocenters. The van der Waals surface area contributed by atoms with Crippen molar-refractivity contribution < 1.29 is 18.7 Å². The van der Waals surface area contributed by atoms with Gasteiger partial charge in [0.25, 0.3) is 5.91 Å². The van der Waals surface area contributed by atoms with E-state index in [1.807, 2.05) is 12.1 Å². The van der Waals surface area contributed by atoms with Crippen molar-refractivity contribution in [1.82, 2.24) is 10.6 Å². The number of carbonyl (C=O) groups is 2. The van der Waals surface area contributed by atoms with Crippen molar-refractivity contribution in [2.75, 3.05) is 18.5 Å². The van der Waals surface area contributed by atoms with Crippen LogP contribution in [0.25, 0.3) is 0 Å². The number of rotatable bonds is 8. The van der Waals surface area contributed by atoms with Gasteiger partial charge in [0, 0.05) is 18.3 Å². The molecule has 0 aliphatic heterocycles. The molecule has 142 valence electrons. The maximum absolute atomic E-state index is 13.1. The van der Waals surface area contributed by atoms with Crippen LogP contribution >= 0.6 is 0 Å². The van der Waals surface area contributed by atoms with Crippen molar-refractivity contribution in [3.63, 3.8) is 0 Å². The summed E-state index contributed by atoms with van der Waals surface area (Å²) in [7, 11) is 0. The molecule has 1 fully saturated rings. The van der Waals surface area contributed by atoms with Crippen LogP contribution in [0.15, 0.2) is 48.5 Å². The van der Waals surface area contributed by atoms with Crippen LogP contribution in [0.4, 0.5) is 14.9 Å². The van der Waals surface area contributed by atoms with Gasteiger partial charge in [0.15, 0.2) is 6.61 Å². The summed E-state index contributed by atoms with van der Waals surface area (Å²) in [6.45, 7) is 0.447. The Morgan fingerprint density at radius 1 is 1.11 bits per heavy atom. The third-order valence-corrected chi connectivity index (χ3v) is 4.02. The minimum atomic E-state index is -0.403. The predicted octanol–water partition coefficient (Wildman–Crippen LogP) is 2.85. The Balaban J connectivity index is 1.35. The van der Waals surface area contributed by atoms with E-state index < -0.39 is 5.82 Å². The molecule has 0 spiro atoms. The minimum absolute atomic E-state index is 0.0116. The first-order valence-corrected chi connectivity index (χ1v) is 8.90. The van der Waals surface area contributed by atoms with Crippen molar-refractivity contribution in [3.8, 4) is 5.75 Å². The number of hydrogen-bond donors (Lipinski definition) is 3.